The molecule has 0 bridgehead atoms. The quantitative estimate of drug-likeness (QED) is 0.850. The summed E-state index contributed by atoms with van der Waals surface area (Å²) in [6, 6.07) is 16.4. The number of rotatable bonds is 5. The fourth-order valence-electron chi connectivity index (χ4n) is 5.13. The predicted octanol–water partition coefficient (Wildman–Crippen LogP) is 3.06. The molecule has 2 aromatic carbocycles. The molecule has 2 aromatic rings. The molecule has 3 atom stereocenters. The van der Waals surface area contributed by atoms with Crippen LogP contribution in [0.4, 0.5) is 0 Å². The molecule has 2 heterocycles. The fraction of sp³-hybridized carbons (Fsp3) is 0.417. The lowest BCUT2D eigenvalue weighted by Crippen LogP contribution is -2.37. The molecule has 2 aliphatic rings. The third-order valence-electron chi connectivity index (χ3n) is 6.36. The van der Waals surface area contributed by atoms with Crippen molar-refractivity contribution in [3.63, 3.8) is 0 Å². The summed E-state index contributed by atoms with van der Waals surface area (Å²) in [7, 11) is 0. The zero-order valence-corrected chi connectivity index (χ0v) is 17.0. The van der Waals surface area contributed by atoms with Gasteiger partial charge in [0.05, 0.1) is 19.0 Å². The SMILES string of the molecule is Cc1cccc(CC(=O)N2C[C@@H]3CN(CC(=O)O)C[C@@H]3[C@H]2c2ccccc2C)c1. The maximum absolute atomic E-state index is 13.3. The molecule has 0 aromatic heterocycles. The minimum atomic E-state index is -0.787. The number of fused-ring (bicyclic) bond motifs is 1. The van der Waals surface area contributed by atoms with Gasteiger partial charge in [-0.15, -0.1) is 0 Å². The number of hydrogen-bond acceptors (Lipinski definition) is 3. The zero-order valence-electron chi connectivity index (χ0n) is 17.0. The van der Waals surface area contributed by atoms with Gasteiger partial charge in [-0.2, -0.15) is 0 Å². The van der Waals surface area contributed by atoms with Gasteiger partial charge in [0.1, 0.15) is 0 Å². The van der Waals surface area contributed by atoms with E-state index in [2.05, 4.69) is 30.0 Å². The third kappa shape index (κ3) is 4.06. The molecule has 152 valence electrons. The van der Waals surface area contributed by atoms with Crippen molar-refractivity contribution in [2.75, 3.05) is 26.2 Å². The monoisotopic (exact) mass is 392 g/mol. The van der Waals surface area contributed by atoms with Crippen molar-refractivity contribution in [2.24, 2.45) is 11.8 Å². The van der Waals surface area contributed by atoms with Crippen LogP contribution in [0.3, 0.4) is 0 Å². The average molecular weight is 392 g/mol. The van der Waals surface area contributed by atoms with Crippen LogP contribution in [0.25, 0.3) is 0 Å². The van der Waals surface area contributed by atoms with E-state index in [1.807, 2.05) is 42.2 Å². The van der Waals surface area contributed by atoms with E-state index in [1.54, 1.807) is 0 Å². The smallest absolute Gasteiger partial charge is 0.317 e. The summed E-state index contributed by atoms with van der Waals surface area (Å²) in [5, 5.41) is 9.18. The third-order valence-corrected chi connectivity index (χ3v) is 6.36. The minimum absolute atomic E-state index is 0.0114. The second-order valence-electron chi connectivity index (χ2n) is 8.53. The fourth-order valence-corrected chi connectivity index (χ4v) is 5.13. The average Bonchev–Trinajstić information content (AvgIpc) is 3.19. The summed E-state index contributed by atoms with van der Waals surface area (Å²) in [6.07, 6.45) is 0.405. The predicted molar refractivity (Wildman–Crippen MR) is 112 cm³/mol. The molecule has 0 radical (unpaired) electrons. The second kappa shape index (κ2) is 7.99. The molecule has 0 spiro atoms. The summed E-state index contributed by atoms with van der Waals surface area (Å²) in [5.74, 6) is -0.0369. The van der Waals surface area contributed by atoms with E-state index in [-0.39, 0.29) is 24.4 Å². The Labute approximate surface area is 171 Å². The van der Waals surface area contributed by atoms with Crippen LogP contribution >= 0.6 is 0 Å². The van der Waals surface area contributed by atoms with Crippen molar-refractivity contribution in [3.05, 3.63) is 70.8 Å². The Morgan fingerprint density at radius 2 is 1.83 bits per heavy atom. The number of benzene rings is 2. The number of carboxylic acids is 1. The van der Waals surface area contributed by atoms with E-state index in [4.69, 9.17) is 0 Å². The highest BCUT2D eigenvalue weighted by molar-refractivity contribution is 5.80. The Kier molecular flexibility index (Phi) is 5.41. The van der Waals surface area contributed by atoms with E-state index in [9.17, 15) is 14.7 Å². The standard InChI is InChI=1S/C24H28N2O3/c1-16-6-5-8-18(10-16)11-22(27)26-13-19-12-25(15-23(28)29)14-21(19)24(26)20-9-4-3-7-17(20)2/h3-10,19,21,24H,11-15H2,1-2H3,(H,28,29)/t19-,21-,24+/m0/s1. The lowest BCUT2D eigenvalue weighted by Gasteiger charge is -2.31. The molecule has 2 fully saturated rings. The maximum atomic E-state index is 13.3. The second-order valence-corrected chi connectivity index (χ2v) is 8.53. The largest absolute Gasteiger partial charge is 0.480 e. The normalized spacial score (nSPS) is 23.9. The first-order chi connectivity index (χ1) is 13.9. The van der Waals surface area contributed by atoms with Crippen molar-refractivity contribution in [3.8, 4) is 0 Å². The molecular weight excluding hydrogens is 364 g/mol. The van der Waals surface area contributed by atoms with E-state index >= 15 is 0 Å². The zero-order chi connectivity index (χ0) is 20.5. The van der Waals surface area contributed by atoms with Crippen molar-refractivity contribution >= 4 is 11.9 Å². The Hall–Kier alpha value is -2.66. The number of hydrogen-bond donors (Lipinski definition) is 1. The van der Waals surface area contributed by atoms with Crippen LogP contribution in [0.1, 0.15) is 28.3 Å². The van der Waals surface area contributed by atoms with Crippen LogP contribution < -0.4 is 0 Å². The highest BCUT2D eigenvalue weighted by Gasteiger charge is 2.49. The van der Waals surface area contributed by atoms with Crippen LogP contribution in [-0.2, 0) is 16.0 Å². The Bertz CT molecular complexity index is 926. The highest BCUT2D eigenvalue weighted by Crippen LogP contribution is 2.45. The van der Waals surface area contributed by atoms with Gasteiger partial charge in [0.2, 0.25) is 5.91 Å². The summed E-state index contributed by atoms with van der Waals surface area (Å²) in [5.41, 5.74) is 4.58. The summed E-state index contributed by atoms with van der Waals surface area (Å²) < 4.78 is 0. The van der Waals surface area contributed by atoms with Crippen molar-refractivity contribution in [1.82, 2.24) is 9.80 Å². The van der Waals surface area contributed by atoms with Gasteiger partial charge in [-0.1, -0.05) is 54.1 Å². The molecule has 5 nitrogen and oxygen atoms in total. The molecule has 5 heteroatoms. The van der Waals surface area contributed by atoms with Gasteiger partial charge in [0.25, 0.3) is 0 Å². The lowest BCUT2D eigenvalue weighted by molar-refractivity contribution is -0.138. The summed E-state index contributed by atoms with van der Waals surface area (Å²) in [4.78, 5) is 28.6. The van der Waals surface area contributed by atoms with Gasteiger partial charge in [-0.05, 0) is 36.5 Å². The Balaban J connectivity index is 1.60. The van der Waals surface area contributed by atoms with Crippen LogP contribution in [0.15, 0.2) is 48.5 Å². The van der Waals surface area contributed by atoms with Gasteiger partial charge in [0, 0.05) is 25.6 Å². The molecule has 0 aliphatic carbocycles. The van der Waals surface area contributed by atoms with Crippen molar-refractivity contribution in [2.45, 2.75) is 26.3 Å². The summed E-state index contributed by atoms with van der Waals surface area (Å²) >= 11 is 0. The molecule has 4 rings (SSSR count). The number of amides is 1. The van der Waals surface area contributed by atoms with Crippen LogP contribution in [0.5, 0.6) is 0 Å². The van der Waals surface area contributed by atoms with Gasteiger partial charge in [-0.25, -0.2) is 0 Å². The minimum Gasteiger partial charge on any atom is -0.480 e. The topological polar surface area (TPSA) is 60.9 Å². The molecule has 1 N–H and O–H groups in total. The number of carboxylic acid groups (broad SMARTS) is 1. The molecular formula is C24H28N2O3. The van der Waals surface area contributed by atoms with Crippen LogP contribution in [-0.4, -0.2) is 53.0 Å². The van der Waals surface area contributed by atoms with Crippen molar-refractivity contribution < 1.29 is 14.7 Å². The number of carbonyl (C=O) groups is 2. The molecule has 1 amide bonds. The van der Waals surface area contributed by atoms with Crippen LogP contribution in [0.2, 0.25) is 0 Å². The molecule has 0 unspecified atom stereocenters. The molecule has 0 saturated carbocycles. The van der Waals surface area contributed by atoms with E-state index < -0.39 is 5.97 Å². The Morgan fingerprint density at radius 1 is 1.03 bits per heavy atom. The van der Waals surface area contributed by atoms with Gasteiger partial charge < -0.3 is 10.0 Å². The number of aryl methyl sites for hydroxylation is 2. The molecule has 2 aliphatic heterocycles. The lowest BCUT2D eigenvalue weighted by atomic mass is 9.87. The first kappa shape index (κ1) is 19.6. The first-order valence-electron chi connectivity index (χ1n) is 10.3. The molecule has 29 heavy (non-hydrogen) atoms. The number of aliphatic carboxylic acids is 1. The van der Waals surface area contributed by atoms with Gasteiger partial charge in [0.15, 0.2) is 0 Å². The van der Waals surface area contributed by atoms with E-state index in [0.29, 0.717) is 18.9 Å². The Morgan fingerprint density at radius 3 is 2.55 bits per heavy atom. The molecule has 2 saturated heterocycles. The highest BCUT2D eigenvalue weighted by atomic mass is 16.4. The number of carbonyl (C=O) groups excluding carboxylic acids is 1. The van der Waals surface area contributed by atoms with Gasteiger partial charge in [-0.3, -0.25) is 14.5 Å². The van der Waals surface area contributed by atoms with Crippen molar-refractivity contribution in [1.29, 1.82) is 0 Å². The van der Waals surface area contributed by atoms with Gasteiger partial charge >= 0.3 is 5.97 Å². The first-order valence-corrected chi connectivity index (χ1v) is 10.3. The van der Waals surface area contributed by atoms with E-state index in [0.717, 1.165) is 24.2 Å². The van der Waals surface area contributed by atoms with E-state index in [1.165, 1.54) is 11.1 Å². The summed E-state index contributed by atoms with van der Waals surface area (Å²) in [6.45, 7) is 6.38. The maximum Gasteiger partial charge on any atom is 0.317 e. The van der Waals surface area contributed by atoms with Crippen LogP contribution in [0, 0.1) is 25.7 Å². The number of nitrogens with zero attached hydrogens (tertiary/aromatic N) is 2. The number of likely N-dealkylation sites (tertiary alicyclic amines) is 2.